The first kappa shape index (κ1) is 17.7. The number of rotatable bonds is 3. The van der Waals surface area contributed by atoms with Crippen molar-refractivity contribution in [1.82, 2.24) is 13.7 Å². The highest BCUT2D eigenvalue weighted by atomic mass is 35.5. The molecule has 0 unspecified atom stereocenters. The van der Waals surface area contributed by atoms with E-state index in [1.807, 2.05) is 0 Å². The highest BCUT2D eigenvalue weighted by molar-refractivity contribution is 7.00. The molecule has 0 saturated heterocycles. The molecule has 0 saturated carbocycles. The fraction of sp³-hybridized carbons (Fsp3) is 0. The lowest BCUT2D eigenvalue weighted by molar-refractivity contribution is 0.102. The Morgan fingerprint density at radius 1 is 1.00 bits per heavy atom. The lowest BCUT2D eigenvalue weighted by Gasteiger charge is -2.04. The van der Waals surface area contributed by atoms with E-state index in [1.165, 1.54) is 18.2 Å². The molecule has 0 fully saturated rings. The van der Waals surface area contributed by atoms with Crippen LogP contribution in [0.15, 0.2) is 59.0 Å². The maximum Gasteiger partial charge on any atom is 0.255 e. The second kappa shape index (κ2) is 6.91. The topological polar surface area (TPSA) is 80.9 Å². The molecule has 142 valence electrons. The van der Waals surface area contributed by atoms with Crippen LogP contribution >= 0.6 is 23.3 Å². The molecule has 5 aromatic rings. The van der Waals surface area contributed by atoms with Crippen LogP contribution in [-0.4, -0.2) is 19.6 Å². The Labute approximate surface area is 172 Å². The van der Waals surface area contributed by atoms with Crippen LogP contribution in [-0.2, 0) is 0 Å². The number of hydrogen-bond donors (Lipinski definition) is 1. The van der Waals surface area contributed by atoms with E-state index in [4.69, 9.17) is 16.0 Å². The predicted octanol–water partition coefficient (Wildman–Crippen LogP) is 5.54. The molecule has 0 bridgehead atoms. The number of anilines is 1. The third-order valence-electron chi connectivity index (χ3n) is 4.32. The maximum atomic E-state index is 13.3. The van der Waals surface area contributed by atoms with Gasteiger partial charge in [0, 0.05) is 11.3 Å². The zero-order valence-electron chi connectivity index (χ0n) is 14.5. The van der Waals surface area contributed by atoms with Crippen molar-refractivity contribution in [2.45, 2.75) is 0 Å². The first-order chi connectivity index (χ1) is 14.1. The van der Waals surface area contributed by atoms with Crippen molar-refractivity contribution in [3.05, 3.63) is 71.0 Å². The minimum absolute atomic E-state index is 0.206. The number of carbonyl (C=O) groups is 1. The summed E-state index contributed by atoms with van der Waals surface area (Å²) in [6, 6.07) is 14.3. The molecule has 9 heteroatoms. The molecular weight excluding hydrogens is 415 g/mol. The molecule has 0 atom stereocenters. The van der Waals surface area contributed by atoms with Crippen molar-refractivity contribution in [2.75, 3.05) is 5.32 Å². The van der Waals surface area contributed by atoms with Crippen LogP contribution in [0, 0.1) is 5.82 Å². The van der Waals surface area contributed by atoms with Crippen molar-refractivity contribution in [3.8, 4) is 11.5 Å². The van der Waals surface area contributed by atoms with Gasteiger partial charge in [-0.1, -0.05) is 11.6 Å². The smallest absolute Gasteiger partial charge is 0.255 e. The minimum Gasteiger partial charge on any atom is -0.436 e. The van der Waals surface area contributed by atoms with E-state index in [0.717, 1.165) is 17.2 Å². The molecule has 0 aliphatic carbocycles. The van der Waals surface area contributed by atoms with Crippen LogP contribution in [0.5, 0.6) is 0 Å². The molecule has 29 heavy (non-hydrogen) atoms. The van der Waals surface area contributed by atoms with Crippen molar-refractivity contribution in [2.24, 2.45) is 0 Å². The number of nitrogens with one attached hydrogen (secondary N) is 1. The Balaban J connectivity index is 1.44. The Morgan fingerprint density at radius 2 is 1.86 bits per heavy atom. The summed E-state index contributed by atoms with van der Waals surface area (Å²) < 4.78 is 27.3. The van der Waals surface area contributed by atoms with E-state index in [2.05, 4.69) is 19.0 Å². The van der Waals surface area contributed by atoms with Crippen molar-refractivity contribution in [3.63, 3.8) is 0 Å². The number of fused-ring (bicyclic) bond motifs is 2. The van der Waals surface area contributed by atoms with Gasteiger partial charge in [0.1, 0.15) is 22.4 Å². The summed E-state index contributed by atoms with van der Waals surface area (Å²) in [5.74, 6) is -0.439. The standard InChI is InChI=1S/C20H10ClFN4O2S/c21-14-8-11(22)2-4-13(14)20-24-17-9-12(3-6-18(17)28-20)23-19(27)10-1-5-15-16(7-10)26-29-25-15/h1-9H,(H,23,27). The van der Waals surface area contributed by atoms with Crippen LogP contribution in [0.4, 0.5) is 10.1 Å². The van der Waals surface area contributed by atoms with E-state index in [0.29, 0.717) is 33.4 Å². The molecular formula is C20H10ClFN4O2S. The zero-order valence-corrected chi connectivity index (χ0v) is 16.1. The third kappa shape index (κ3) is 3.32. The van der Waals surface area contributed by atoms with Crippen molar-refractivity contribution < 1.29 is 13.6 Å². The van der Waals surface area contributed by atoms with E-state index in [-0.39, 0.29) is 16.8 Å². The molecule has 0 aliphatic rings. The fourth-order valence-corrected chi connectivity index (χ4v) is 3.68. The molecule has 2 aromatic heterocycles. The van der Waals surface area contributed by atoms with Gasteiger partial charge in [-0.3, -0.25) is 4.79 Å². The number of halogens is 2. The van der Waals surface area contributed by atoms with E-state index in [9.17, 15) is 9.18 Å². The van der Waals surface area contributed by atoms with Crippen molar-refractivity contribution >= 4 is 57.1 Å². The summed E-state index contributed by atoms with van der Waals surface area (Å²) >= 11 is 7.19. The molecule has 0 spiro atoms. The Bertz CT molecular complexity index is 1400. The van der Waals surface area contributed by atoms with E-state index in [1.54, 1.807) is 36.4 Å². The van der Waals surface area contributed by atoms with Gasteiger partial charge in [-0.15, -0.1) is 0 Å². The summed E-state index contributed by atoms with van der Waals surface area (Å²) in [6.45, 7) is 0. The Kier molecular flexibility index (Phi) is 4.22. The molecule has 6 nitrogen and oxygen atoms in total. The number of aromatic nitrogens is 3. The largest absolute Gasteiger partial charge is 0.436 e. The number of nitrogens with zero attached hydrogens (tertiary/aromatic N) is 3. The quantitative estimate of drug-likeness (QED) is 0.411. The Hall–Kier alpha value is -3.36. The molecule has 1 amide bonds. The summed E-state index contributed by atoms with van der Waals surface area (Å²) in [7, 11) is 0. The van der Waals surface area contributed by atoms with Gasteiger partial charge >= 0.3 is 0 Å². The predicted molar refractivity (Wildman–Crippen MR) is 110 cm³/mol. The van der Waals surface area contributed by atoms with E-state index < -0.39 is 5.82 Å². The summed E-state index contributed by atoms with van der Waals surface area (Å²) in [4.78, 5) is 17.0. The van der Waals surface area contributed by atoms with Gasteiger partial charge < -0.3 is 9.73 Å². The first-order valence-electron chi connectivity index (χ1n) is 8.46. The van der Waals surface area contributed by atoms with Gasteiger partial charge in [-0.05, 0) is 54.6 Å². The molecule has 3 aromatic carbocycles. The SMILES string of the molecule is O=C(Nc1ccc2oc(-c3ccc(F)cc3Cl)nc2c1)c1ccc2nsnc2c1. The summed E-state index contributed by atoms with van der Waals surface area (Å²) in [5.41, 5.74) is 4.01. The van der Waals surface area contributed by atoms with Crippen LogP contribution < -0.4 is 5.32 Å². The fourth-order valence-electron chi connectivity index (χ4n) is 2.91. The normalized spacial score (nSPS) is 11.2. The molecule has 2 heterocycles. The number of carbonyl (C=O) groups excluding carboxylic acids is 1. The zero-order chi connectivity index (χ0) is 20.0. The van der Waals surface area contributed by atoms with Gasteiger partial charge in [0.25, 0.3) is 5.91 Å². The van der Waals surface area contributed by atoms with Crippen LogP contribution in [0.2, 0.25) is 5.02 Å². The van der Waals surface area contributed by atoms with Gasteiger partial charge in [-0.2, -0.15) is 8.75 Å². The second-order valence-corrected chi connectivity index (χ2v) is 7.18. The van der Waals surface area contributed by atoms with Crippen molar-refractivity contribution in [1.29, 1.82) is 0 Å². The molecule has 5 rings (SSSR count). The monoisotopic (exact) mass is 424 g/mol. The number of benzene rings is 3. The minimum atomic E-state index is -0.438. The average molecular weight is 425 g/mol. The lowest BCUT2D eigenvalue weighted by Crippen LogP contribution is -2.11. The molecule has 0 aliphatic heterocycles. The van der Waals surface area contributed by atoms with Gasteiger partial charge in [0.15, 0.2) is 5.58 Å². The van der Waals surface area contributed by atoms with Crippen LogP contribution in [0.1, 0.15) is 10.4 Å². The van der Waals surface area contributed by atoms with Gasteiger partial charge in [0.2, 0.25) is 5.89 Å². The average Bonchev–Trinajstić information content (AvgIpc) is 3.33. The van der Waals surface area contributed by atoms with Gasteiger partial charge in [-0.25, -0.2) is 9.37 Å². The van der Waals surface area contributed by atoms with Crippen LogP contribution in [0.3, 0.4) is 0 Å². The lowest BCUT2D eigenvalue weighted by atomic mass is 10.2. The van der Waals surface area contributed by atoms with Crippen LogP contribution in [0.25, 0.3) is 33.6 Å². The number of oxazole rings is 1. The second-order valence-electron chi connectivity index (χ2n) is 6.25. The highest BCUT2D eigenvalue weighted by Crippen LogP contribution is 2.31. The van der Waals surface area contributed by atoms with Gasteiger partial charge in [0.05, 0.1) is 22.3 Å². The molecule has 1 N–H and O–H groups in total. The summed E-state index contributed by atoms with van der Waals surface area (Å²) in [5, 5.41) is 3.04. The summed E-state index contributed by atoms with van der Waals surface area (Å²) in [6.07, 6.45) is 0. The highest BCUT2D eigenvalue weighted by Gasteiger charge is 2.14. The first-order valence-corrected chi connectivity index (χ1v) is 9.57. The number of amides is 1. The third-order valence-corrected chi connectivity index (χ3v) is 5.19. The Morgan fingerprint density at radius 3 is 2.72 bits per heavy atom. The number of hydrogen-bond acceptors (Lipinski definition) is 6. The molecule has 0 radical (unpaired) electrons. The van der Waals surface area contributed by atoms with E-state index >= 15 is 0 Å². The maximum absolute atomic E-state index is 13.3.